The Bertz CT molecular complexity index is 1000. The average Bonchev–Trinajstić information content (AvgIpc) is 3.46. The number of hydrogen-bond acceptors (Lipinski definition) is 5. The first-order chi connectivity index (χ1) is 14.6. The van der Waals surface area contributed by atoms with Crippen molar-refractivity contribution in [2.45, 2.75) is 19.3 Å². The quantitative estimate of drug-likeness (QED) is 0.543. The Labute approximate surface area is 174 Å². The van der Waals surface area contributed by atoms with Crippen molar-refractivity contribution < 1.29 is 23.9 Å². The van der Waals surface area contributed by atoms with Crippen molar-refractivity contribution in [2.24, 2.45) is 23.7 Å². The van der Waals surface area contributed by atoms with Crippen molar-refractivity contribution in [3.05, 3.63) is 54.1 Å². The maximum atomic E-state index is 13.0. The smallest absolute Gasteiger partial charge is 0.237 e. The van der Waals surface area contributed by atoms with Crippen LogP contribution in [0, 0.1) is 23.7 Å². The number of anilines is 1. The molecular formula is C24H23NO5. The lowest BCUT2D eigenvalue weighted by Gasteiger charge is -2.19. The van der Waals surface area contributed by atoms with Crippen LogP contribution >= 0.6 is 0 Å². The lowest BCUT2D eigenvalue weighted by Crippen LogP contribution is -2.32. The van der Waals surface area contributed by atoms with Gasteiger partial charge in [0.05, 0.1) is 24.6 Å². The number of carbonyl (C=O) groups is 3. The fourth-order valence-corrected chi connectivity index (χ4v) is 5.40. The van der Waals surface area contributed by atoms with Crippen molar-refractivity contribution in [1.29, 1.82) is 0 Å². The normalized spacial score (nSPS) is 26.8. The molecule has 2 aromatic rings. The SMILES string of the molecule is COc1cccc(C(=O)COc2cccc(N3C(=O)[C@H]4[C@H]5CC[C@@H](C5)[C@@H]4C3=O)c2)c1. The van der Waals surface area contributed by atoms with E-state index in [1.54, 1.807) is 55.6 Å². The van der Waals surface area contributed by atoms with E-state index in [1.807, 2.05) is 0 Å². The summed E-state index contributed by atoms with van der Waals surface area (Å²) in [6.07, 6.45) is 3.11. The zero-order chi connectivity index (χ0) is 20.8. The predicted molar refractivity (Wildman–Crippen MR) is 110 cm³/mol. The number of rotatable bonds is 6. The zero-order valence-electron chi connectivity index (χ0n) is 16.7. The molecule has 0 aromatic heterocycles. The van der Waals surface area contributed by atoms with Gasteiger partial charge in [0.25, 0.3) is 0 Å². The van der Waals surface area contributed by atoms with Crippen LogP contribution in [-0.4, -0.2) is 31.3 Å². The van der Waals surface area contributed by atoms with E-state index in [0.29, 0.717) is 34.6 Å². The second-order valence-electron chi connectivity index (χ2n) is 8.34. The standard InChI is InChI=1S/C24H23NO5/c1-29-18-6-2-4-14(11-18)20(26)13-30-19-7-3-5-17(12-19)25-23(27)21-15-8-9-16(10-15)22(21)24(25)28/h2-7,11-12,15-16,21-22H,8-10,13H2,1H3/t15-,16-,21-,22-/m0/s1. The molecule has 1 saturated heterocycles. The minimum Gasteiger partial charge on any atom is -0.497 e. The van der Waals surface area contributed by atoms with Gasteiger partial charge in [-0.1, -0.05) is 18.2 Å². The monoisotopic (exact) mass is 405 g/mol. The summed E-state index contributed by atoms with van der Waals surface area (Å²) < 4.78 is 10.8. The fraction of sp³-hybridized carbons (Fsp3) is 0.375. The van der Waals surface area contributed by atoms with Crippen molar-refractivity contribution in [3.8, 4) is 11.5 Å². The number of nitrogens with zero attached hydrogens (tertiary/aromatic N) is 1. The summed E-state index contributed by atoms with van der Waals surface area (Å²) in [7, 11) is 1.55. The molecule has 2 amide bonds. The highest BCUT2D eigenvalue weighted by Gasteiger charge is 2.61. The van der Waals surface area contributed by atoms with Gasteiger partial charge in [-0.2, -0.15) is 0 Å². The number of hydrogen-bond donors (Lipinski definition) is 0. The van der Waals surface area contributed by atoms with Crippen molar-refractivity contribution in [3.63, 3.8) is 0 Å². The van der Waals surface area contributed by atoms with E-state index in [4.69, 9.17) is 9.47 Å². The second-order valence-corrected chi connectivity index (χ2v) is 8.34. The van der Waals surface area contributed by atoms with Gasteiger partial charge in [-0.15, -0.1) is 0 Å². The molecule has 6 nitrogen and oxygen atoms in total. The predicted octanol–water partition coefficient (Wildman–Crippen LogP) is 3.49. The molecule has 0 N–H and O–H groups in total. The molecule has 2 aromatic carbocycles. The van der Waals surface area contributed by atoms with E-state index in [2.05, 4.69) is 0 Å². The van der Waals surface area contributed by atoms with Gasteiger partial charge in [0.1, 0.15) is 11.5 Å². The molecule has 0 radical (unpaired) electrons. The molecule has 154 valence electrons. The van der Waals surface area contributed by atoms with E-state index in [1.165, 1.54) is 4.90 Å². The Morgan fingerprint density at radius 3 is 2.33 bits per heavy atom. The number of benzene rings is 2. The van der Waals surface area contributed by atoms with Crippen LogP contribution in [0.25, 0.3) is 0 Å². The molecule has 1 heterocycles. The number of ketones is 1. The Morgan fingerprint density at radius 1 is 0.967 bits per heavy atom. The molecule has 0 unspecified atom stereocenters. The van der Waals surface area contributed by atoms with Crippen LogP contribution in [0.15, 0.2) is 48.5 Å². The summed E-state index contributed by atoms with van der Waals surface area (Å²) >= 11 is 0. The number of amides is 2. The van der Waals surface area contributed by atoms with Crippen LogP contribution in [0.4, 0.5) is 5.69 Å². The van der Waals surface area contributed by atoms with Gasteiger partial charge in [-0.3, -0.25) is 14.4 Å². The summed E-state index contributed by atoms with van der Waals surface area (Å²) in [6.45, 7) is -0.145. The summed E-state index contributed by atoms with van der Waals surface area (Å²) in [4.78, 5) is 39.8. The number of Topliss-reactive ketones (excluding diaryl/α,β-unsaturated/α-hetero) is 1. The molecule has 5 rings (SSSR count). The molecule has 30 heavy (non-hydrogen) atoms. The summed E-state index contributed by atoms with van der Waals surface area (Å²) in [6, 6.07) is 13.8. The lowest BCUT2D eigenvalue weighted by molar-refractivity contribution is -0.123. The van der Waals surface area contributed by atoms with Gasteiger partial charge >= 0.3 is 0 Å². The average molecular weight is 405 g/mol. The number of imide groups is 1. The van der Waals surface area contributed by atoms with Crippen molar-refractivity contribution in [1.82, 2.24) is 0 Å². The van der Waals surface area contributed by atoms with E-state index < -0.39 is 0 Å². The van der Waals surface area contributed by atoms with E-state index in [9.17, 15) is 14.4 Å². The summed E-state index contributed by atoms with van der Waals surface area (Å²) in [5, 5.41) is 0. The third-order valence-electron chi connectivity index (χ3n) is 6.76. The van der Waals surface area contributed by atoms with Gasteiger partial charge in [0.15, 0.2) is 12.4 Å². The highest BCUT2D eigenvalue weighted by molar-refractivity contribution is 6.22. The largest absolute Gasteiger partial charge is 0.497 e. The molecule has 2 aliphatic carbocycles. The third kappa shape index (κ3) is 2.98. The van der Waals surface area contributed by atoms with Gasteiger partial charge < -0.3 is 9.47 Å². The van der Waals surface area contributed by atoms with E-state index >= 15 is 0 Å². The first-order valence-corrected chi connectivity index (χ1v) is 10.3. The van der Waals surface area contributed by atoms with Crippen LogP contribution in [0.5, 0.6) is 11.5 Å². The Hall–Kier alpha value is -3.15. The molecule has 0 spiro atoms. The maximum absolute atomic E-state index is 13.0. The fourth-order valence-electron chi connectivity index (χ4n) is 5.40. The Kier molecular flexibility index (Phi) is 4.57. The summed E-state index contributed by atoms with van der Waals surface area (Å²) in [5.74, 6) is 1.09. The van der Waals surface area contributed by atoms with Crippen LogP contribution in [0.3, 0.4) is 0 Å². The molecule has 3 aliphatic rings. The lowest BCUT2D eigenvalue weighted by atomic mass is 9.81. The summed E-state index contributed by atoms with van der Waals surface area (Å²) in [5.41, 5.74) is 1.02. The van der Waals surface area contributed by atoms with Gasteiger partial charge in [0.2, 0.25) is 11.8 Å². The van der Waals surface area contributed by atoms with Crippen LogP contribution in [-0.2, 0) is 9.59 Å². The van der Waals surface area contributed by atoms with Crippen LogP contribution in [0.1, 0.15) is 29.6 Å². The molecule has 4 atom stereocenters. The third-order valence-corrected chi connectivity index (χ3v) is 6.76. The van der Waals surface area contributed by atoms with Crippen LogP contribution in [0.2, 0.25) is 0 Å². The minimum atomic E-state index is -0.182. The second kappa shape index (κ2) is 7.27. The minimum absolute atomic E-state index is 0.0817. The number of methoxy groups -OCH3 is 1. The molecule has 2 bridgehead atoms. The number of carbonyl (C=O) groups excluding carboxylic acids is 3. The first-order valence-electron chi connectivity index (χ1n) is 10.3. The maximum Gasteiger partial charge on any atom is 0.237 e. The zero-order valence-corrected chi connectivity index (χ0v) is 16.7. The number of fused-ring (bicyclic) bond motifs is 5. The van der Waals surface area contributed by atoms with Crippen molar-refractivity contribution in [2.75, 3.05) is 18.6 Å². The van der Waals surface area contributed by atoms with Crippen molar-refractivity contribution >= 4 is 23.3 Å². The Morgan fingerprint density at radius 2 is 1.63 bits per heavy atom. The molecule has 6 heteroatoms. The first kappa shape index (κ1) is 18.9. The topological polar surface area (TPSA) is 72.9 Å². The molecule has 1 aliphatic heterocycles. The van der Waals surface area contributed by atoms with Gasteiger partial charge in [0, 0.05) is 11.6 Å². The Balaban J connectivity index is 1.31. The molecular weight excluding hydrogens is 382 g/mol. The highest BCUT2D eigenvalue weighted by atomic mass is 16.5. The van der Waals surface area contributed by atoms with E-state index in [0.717, 1.165) is 19.3 Å². The molecule has 2 saturated carbocycles. The van der Waals surface area contributed by atoms with Crippen LogP contribution < -0.4 is 14.4 Å². The highest BCUT2D eigenvalue weighted by Crippen LogP contribution is 2.56. The molecule has 3 fully saturated rings. The number of ether oxygens (including phenoxy) is 2. The van der Waals surface area contributed by atoms with Gasteiger partial charge in [-0.05, 0) is 55.4 Å². The van der Waals surface area contributed by atoms with Gasteiger partial charge in [-0.25, -0.2) is 4.90 Å². The van der Waals surface area contributed by atoms with E-state index in [-0.39, 0.29) is 36.0 Å².